The summed E-state index contributed by atoms with van der Waals surface area (Å²) in [6.45, 7) is 0.633. The number of imidazole rings is 1. The third-order valence-corrected chi connectivity index (χ3v) is 3.63. The Morgan fingerprint density at radius 3 is 2.57 bits per heavy atom. The highest BCUT2D eigenvalue weighted by molar-refractivity contribution is 6.30. The van der Waals surface area contributed by atoms with E-state index in [-0.39, 0.29) is 6.61 Å². The minimum Gasteiger partial charge on any atom is -0.491 e. The van der Waals surface area contributed by atoms with Gasteiger partial charge in [-0.2, -0.15) is 0 Å². The van der Waals surface area contributed by atoms with E-state index in [9.17, 15) is 5.11 Å². The van der Waals surface area contributed by atoms with Gasteiger partial charge in [0.15, 0.2) is 0 Å². The van der Waals surface area contributed by atoms with Crippen molar-refractivity contribution >= 4 is 11.6 Å². The summed E-state index contributed by atoms with van der Waals surface area (Å²) in [7, 11) is 0. The molecule has 0 aliphatic rings. The molecule has 0 bridgehead atoms. The standard InChI is InChI=1S/C18H17ClN2O2/c19-15-6-8-17(9-7-15)23-12-16(22)10-21-11-18(20-13-21)14-4-2-1-3-5-14/h1-9,11,13,16,22H,10,12H2. The molecular formula is C18H17ClN2O2. The summed E-state index contributed by atoms with van der Waals surface area (Å²) in [5, 5.41) is 10.8. The molecule has 23 heavy (non-hydrogen) atoms. The van der Waals surface area contributed by atoms with E-state index in [0.29, 0.717) is 17.3 Å². The van der Waals surface area contributed by atoms with Crippen LogP contribution < -0.4 is 4.74 Å². The zero-order chi connectivity index (χ0) is 16.1. The summed E-state index contributed by atoms with van der Waals surface area (Å²) in [5.74, 6) is 0.684. The molecule has 3 aromatic rings. The Morgan fingerprint density at radius 1 is 1.09 bits per heavy atom. The van der Waals surface area contributed by atoms with Crippen LogP contribution in [-0.2, 0) is 6.54 Å². The Labute approximate surface area is 139 Å². The van der Waals surface area contributed by atoms with Crippen molar-refractivity contribution in [3.05, 3.63) is 72.1 Å². The Kier molecular flexibility index (Phi) is 4.95. The number of aliphatic hydroxyl groups excluding tert-OH is 1. The maximum absolute atomic E-state index is 10.1. The molecule has 0 spiro atoms. The van der Waals surface area contributed by atoms with Crippen molar-refractivity contribution in [1.82, 2.24) is 9.55 Å². The molecule has 3 rings (SSSR count). The molecule has 1 atom stereocenters. The van der Waals surface area contributed by atoms with E-state index in [1.165, 1.54) is 0 Å². The first-order valence-corrected chi connectivity index (χ1v) is 7.72. The number of ether oxygens (including phenoxy) is 1. The lowest BCUT2D eigenvalue weighted by Crippen LogP contribution is -2.22. The second-order valence-electron chi connectivity index (χ2n) is 5.24. The third-order valence-electron chi connectivity index (χ3n) is 3.38. The van der Waals surface area contributed by atoms with Crippen molar-refractivity contribution in [3.63, 3.8) is 0 Å². The Morgan fingerprint density at radius 2 is 1.83 bits per heavy atom. The Hall–Kier alpha value is -2.30. The molecule has 1 heterocycles. The van der Waals surface area contributed by atoms with Gasteiger partial charge in [-0.25, -0.2) is 4.98 Å². The zero-order valence-corrected chi connectivity index (χ0v) is 13.2. The summed E-state index contributed by atoms with van der Waals surface area (Å²) < 4.78 is 7.40. The molecule has 0 aliphatic carbocycles. The van der Waals surface area contributed by atoms with Gasteiger partial charge in [-0.05, 0) is 24.3 Å². The van der Waals surface area contributed by atoms with Crippen LogP contribution >= 0.6 is 11.6 Å². The maximum atomic E-state index is 10.1. The van der Waals surface area contributed by atoms with Crippen LogP contribution in [0.5, 0.6) is 5.75 Å². The summed E-state index contributed by atoms with van der Waals surface area (Å²) in [6, 6.07) is 17.0. The molecule has 118 valence electrons. The molecule has 1 N–H and O–H groups in total. The quantitative estimate of drug-likeness (QED) is 0.751. The minimum absolute atomic E-state index is 0.209. The second-order valence-corrected chi connectivity index (χ2v) is 5.68. The smallest absolute Gasteiger partial charge is 0.119 e. The predicted octanol–water partition coefficient (Wildman–Crippen LogP) is 3.64. The third kappa shape index (κ3) is 4.34. The van der Waals surface area contributed by atoms with E-state index in [2.05, 4.69) is 4.98 Å². The predicted molar refractivity (Wildman–Crippen MR) is 90.6 cm³/mol. The van der Waals surface area contributed by atoms with E-state index in [4.69, 9.17) is 16.3 Å². The highest BCUT2D eigenvalue weighted by Crippen LogP contribution is 2.17. The molecular weight excluding hydrogens is 312 g/mol. The lowest BCUT2D eigenvalue weighted by molar-refractivity contribution is 0.0925. The van der Waals surface area contributed by atoms with Crippen molar-refractivity contribution in [2.75, 3.05) is 6.61 Å². The van der Waals surface area contributed by atoms with Crippen LogP contribution in [0, 0.1) is 0 Å². The number of rotatable bonds is 6. The Balaban J connectivity index is 1.55. The number of halogens is 1. The summed E-state index contributed by atoms with van der Waals surface area (Å²) >= 11 is 5.82. The molecule has 0 saturated heterocycles. The fourth-order valence-electron chi connectivity index (χ4n) is 2.24. The first-order chi connectivity index (χ1) is 11.2. The molecule has 4 nitrogen and oxygen atoms in total. The minimum atomic E-state index is -0.622. The van der Waals surface area contributed by atoms with Gasteiger partial charge in [-0.1, -0.05) is 41.9 Å². The normalized spacial score (nSPS) is 12.1. The Bertz CT molecular complexity index is 741. The summed E-state index contributed by atoms with van der Waals surface area (Å²) in [4.78, 5) is 4.36. The molecule has 0 aliphatic heterocycles. The van der Waals surface area contributed by atoms with E-state index in [1.807, 2.05) is 41.1 Å². The van der Waals surface area contributed by atoms with Crippen LogP contribution in [0.3, 0.4) is 0 Å². The van der Waals surface area contributed by atoms with Crippen LogP contribution in [0.25, 0.3) is 11.3 Å². The highest BCUT2D eigenvalue weighted by atomic mass is 35.5. The molecule has 1 unspecified atom stereocenters. The molecule has 5 heteroatoms. The number of hydrogen-bond donors (Lipinski definition) is 1. The average molecular weight is 329 g/mol. The lowest BCUT2D eigenvalue weighted by atomic mass is 10.2. The largest absolute Gasteiger partial charge is 0.491 e. The maximum Gasteiger partial charge on any atom is 0.119 e. The SMILES string of the molecule is OC(COc1ccc(Cl)cc1)Cn1cnc(-c2ccccc2)c1. The zero-order valence-electron chi connectivity index (χ0n) is 12.5. The van der Waals surface area contributed by atoms with Crippen LogP contribution in [-0.4, -0.2) is 27.4 Å². The van der Waals surface area contributed by atoms with Crippen LogP contribution in [0.4, 0.5) is 0 Å². The molecule has 0 fully saturated rings. The van der Waals surface area contributed by atoms with Gasteiger partial charge in [0, 0.05) is 16.8 Å². The van der Waals surface area contributed by atoms with Gasteiger partial charge in [0.1, 0.15) is 18.5 Å². The molecule has 2 aromatic carbocycles. The second kappa shape index (κ2) is 7.31. The van der Waals surface area contributed by atoms with Crippen molar-refractivity contribution < 1.29 is 9.84 Å². The summed E-state index contributed by atoms with van der Waals surface area (Å²) in [5.41, 5.74) is 1.94. The van der Waals surface area contributed by atoms with Gasteiger partial charge in [0.05, 0.1) is 18.6 Å². The van der Waals surface area contributed by atoms with Gasteiger partial charge in [-0.15, -0.1) is 0 Å². The van der Waals surface area contributed by atoms with Crippen molar-refractivity contribution in [2.24, 2.45) is 0 Å². The molecule has 0 radical (unpaired) electrons. The molecule has 0 amide bonds. The van der Waals surface area contributed by atoms with Crippen molar-refractivity contribution in [3.8, 4) is 17.0 Å². The number of hydrogen-bond acceptors (Lipinski definition) is 3. The van der Waals surface area contributed by atoms with Crippen LogP contribution in [0.1, 0.15) is 0 Å². The topological polar surface area (TPSA) is 47.3 Å². The first-order valence-electron chi connectivity index (χ1n) is 7.34. The molecule has 1 aromatic heterocycles. The summed E-state index contributed by atoms with van der Waals surface area (Å²) in [6.07, 6.45) is 3.01. The number of benzene rings is 2. The van der Waals surface area contributed by atoms with Gasteiger partial charge in [0.25, 0.3) is 0 Å². The highest BCUT2D eigenvalue weighted by Gasteiger charge is 2.08. The van der Waals surface area contributed by atoms with E-state index in [1.54, 1.807) is 30.6 Å². The van der Waals surface area contributed by atoms with Gasteiger partial charge >= 0.3 is 0 Å². The first kappa shape index (κ1) is 15.6. The fourth-order valence-corrected chi connectivity index (χ4v) is 2.36. The van der Waals surface area contributed by atoms with E-state index >= 15 is 0 Å². The monoisotopic (exact) mass is 328 g/mol. The van der Waals surface area contributed by atoms with Crippen molar-refractivity contribution in [1.29, 1.82) is 0 Å². The average Bonchev–Trinajstić information content (AvgIpc) is 3.04. The number of aromatic nitrogens is 2. The lowest BCUT2D eigenvalue weighted by Gasteiger charge is -2.12. The van der Waals surface area contributed by atoms with Gasteiger partial charge in [-0.3, -0.25) is 0 Å². The van der Waals surface area contributed by atoms with E-state index < -0.39 is 6.10 Å². The molecule has 0 saturated carbocycles. The van der Waals surface area contributed by atoms with Crippen molar-refractivity contribution in [2.45, 2.75) is 12.6 Å². The van der Waals surface area contributed by atoms with E-state index in [0.717, 1.165) is 11.3 Å². The van der Waals surface area contributed by atoms with Crippen LogP contribution in [0.15, 0.2) is 67.1 Å². The van der Waals surface area contributed by atoms with Gasteiger partial charge < -0.3 is 14.4 Å². The fraction of sp³-hybridized carbons (Fsp3) is 0.167. The van der Waals surface area contributed by atoms with Crippen LogP contribution in [0.2, 0.25) is 5.02 Å². The van der Waals surface area contributed by atoms with Gasteiger partial charge in [0.2, 0.25) is 0 Å². The number of aliphatic hydroxyl groups is 1. The number of nitrogens with zero attached hydrogens (tertiary/aromatic N) is 2.